The maximum Gasteiger partial charge on any atom is 0.411 e. The van der Waals surface area contributed by atoms with Crippen LogP contribution >= 0.6 is 0 Å². The van der Waals surface area contributed by atoms with Gasteiger partial charge in [0.15, 0.2) is 6.04 Å². The molecule has 0 spiro atoms. The van der Waals surface area contributed by atoms with Gasteiger partial charge in [-0.25, -0.2) is 14.6 Å². The molecule has 24 heavy (non-hydrogen) atoms. The Labute approximate surface area is 142 Å². The minimum atomic E-state index is -1.05. The van der Waals surface area contributed by atoms with Crippen LogP contribution in [0.5, 0.6) is 0 Å². The van der Waals surface area contributed by atoms with Gasteiger partial charge in [-0.15, -0.1) is 0 Å². The summed E-state index contributed by atoms with van der Waals surface area (Å²) in [7, 11) is 0. The predicted molar refractivity (Wildman–Crippen MR) is 90.1 cm³/mol. The van der Waals surface area contributed by atoms with E-state index in [4.69, 9.17) is 4.74 Å². The summed E-state index contributed by atoms with van der Waals surface area (Å²) in [5.41, 5.74) is 1.31. The summed E-state index contributed by atoms with van der Waals surface area (Å²) < 4.78 is 5.32. The van der Waals surface area contributed by atoms with Crippen LogP contribution in [0.15, 0.2) is 12.3 Å². The summed E-state index contributed by atoms with van der Waals surface area (Å²) in [6.45, 7) is 9.46. The maximum absolute atomic E-state index is 12.3. The van der Waals surface area contributed by atoms with Crippen LogP contribution in [-0.4, -0.2) is 51.3 Å². The van der Waals surface area contributed by atoms with Crippen LogP contribution in [0.25, 0.3) is 0 Å². The fourth-order valence-electron chi connectivity index (χ4n) is 2.82. The molecular weight excluding hydrogens is 310 g/mol. The van der Waals surface area contributed by atoms with Gasteiger partial charge in [0.25, 0.3) is 0 Å². The molecule has 0 aromatic carbocycles. The lowest BCUT2D eigenvalue weighted by atomic mass is 10.1. The fraction of sp³-hybridized carbons (Fsp3) is 0.588. The van der Waals surface area contributed by atoms with Crippen LogP contribution in [0.1, 0.15) is 38.3 Å². The van der Waals surface area contributed by atoms with Crippen molar-refractivity contribution in [2.75, 3.05) is 11.9 Å². The van der Waals surface area contributed by atoms with E-state index in [0.29, 0.717) is 18.8 Å². The Morgan fingerprint density at radius 3 is 2.58 bits per heavy atom. The average molecular weight is 335 g/mol. The van der Waals surface area contributed by atoms with Gasteiger partial charge in [0.05, 0.1) is 6.04 Å². The van der Waals surface area contributed by atoms with Gasteiger partial charge < -0.3 is 15.2 Å². The Hall–Kier alpha value is -2.31. The van der Waals surface area contributed by atoms with Crippen molar-refractivity contribution in [1.82, 2.24) is 9.88 Å². The molecule has 1 aromatic heterocycles. The molecule has 0 saturated carbocycles. The first kappa shape index (κ1) is 18.0. The van der Waals surface area contributed by atoms with Crippen LogP contribution in [0.4, 0.5) is 10.6 Å². The molecule has 2 N–H and O–H groups in total. The summed E-state index contributed by atoms with van der Waals surface area (Å²) >= 11 is 0. The number of aromatic nitrogens is 1. The van der Waals surface area contributed by atoms with Crippen molar-refractivity contribution < 1.29 is 19.4 Å². The molecule has 0 unspecified atom stereocenters. The van der Waals surface area contributed by atoms with E-state index < -0.39 is 29.7 Å². The van der Waals surface area contributed by atoms with Crippen molar-refractivity contribution in [3.63, 3.8) is 0 Å². The first-order chi connectivity index (χ1) is 11.1. The Bertz CT molecular complexity index is 639. The number of hydrogen-bond acceptors (Lipinski definition) is 5. The number of likely N-dealkylation sites (tertiary alicyclic amines) is 1. The second-order valence-corrected chi connectivity index (χ2v) is 7.17. The number of aliphatic carboxylic acids is 1. The lowest BCUT2D eigenvalue weighted by Crippen LogP contribution is -2.48. The van der Waals surface area contributed by atoms with Crippen LogP contribution in [0.3, 0.4) is 0 Å². The molecule has 1 aromatic rings. The van der Waals surface area contributed by atoms with Crippen molar-refractivity contribution in [2.24, 2.45) is 0 Å². The number of carbonyl (C=O) groups is 2. The van der Waals surface area contributed by atoms with Gasteiger partial charge in [-0.2, -0.15) is 0 Å². The number of hydrogen-bond donors (Lipinski definition) is 2. The molecule has 1 aliphatic rings. The molecule has 1 fully saturated rings. The lowest BCUT2D eigenvalue weighted by Gasteiger charge is -2.28. The van der Waals surface area contributed by atoms with Gasteiger partial charge in [-0.1, -0.05) is 6.07 Å². The van der Waals surface area contributed by atoms with Crippen LogP contribution in [0, 0.1) is 13.8 Å². The van der Waals surface area contributed by atoms with E-state index >= 15 is 0 Å². The number of aryl methyl sites for hydroxylation is 2. The highest BCUT2D eigenvalue weighted by atomic mass is 16.6. The summed E-state index contributed by atoms with van der Waals surface area (Å²) in [6.07, 6.45) is 1.64. The SMILES string of the molecule is Cc1cnc(N[C@H]2CCN(C(=O)OC(C)(C)C)[C@@H]2C(=O)O)c(C)c1. The van der Waals surface area contributed by atoms with E-state index in [1.807, 2.05) is 19.9 Å². The van der Waals surface area contributed by atoms with Crippen molar-refractivity contribution in [2.45, 2.75) is 58.7 Å². The van der Waals surface area contributed by atoms with E-state index in [-0.39, 0.29) is 0 Å². The van der Waals surface area contributed by atoms with E-state index in [1.165, 1.54) is 4.90 Å². The predicted octanol–water partition coefficient (Wildman–Crippen LogP) is 2.57. The number of amides is 1. The highest BCUT2D eigenvalue weighted by Gasteiger charge is 2.44. The molecule has 1 aliphatic heterocycles. The Morgan fingerprint density at radius 1 is 1.38 bits per heavy atom. The van der Waals surface area contributed by atoms with Gasteiger partial charge in [-0.05, 0) is 52.2 Å². The Kier molecular flexibility index (Phi) is 5.01. The number of rotatable bonds is 3. The molecule has 2 atom stereocenters. The molecule has 1 saturated heterocycles. The average Bonchev–Trinajstić information content (AvgIpc) is 2.84. The summed E-state index contributed by atoms with van der Waals surface area (Å²) in [4.78, 5) is 29.6. The topological polar surface area (TPSA) is 91.8 Å². The second-order valence-electron chi connectivity index (χ2n) is 7.17. The standard InChI is InChI=1S/C17H25N3O4/c1-10-8-11(2)14(18-9-10)19-12-6-7-20(13(12)15(21)22)16(23)24-17(3,4)5/h8-9,12-13H,6-7H2,1-5H3,(H,18,19)(H,21,22)/t12-,13-/m0/s1. The smallest absolute Gasteiger partial charge is 0.411 e. The monoisotopic (exact) mass is 335 g/mol. The van der Waals surface area contributed by atoms with E-state index in [2.05, 4.69) is 10.3 Å². The third kappa shape index (κ3) is 4.15. The van der Waals surface area contributed by atoms with Crippen molar-refractivity contribution in [3.8, 4) is 0 Å². The first-order valence-electron chi connectivity index (χ1n) is 8.00. The van der Waals surface area contributed by atoms with E-state index in [1.54, 1.807) is 27.0 Å². The number of nitrogens with zero attached hydrogens (tertiary/aromatic N) is 2. The normalized spacial score (nSPS) is 20.8. The summed E-state index contributed by atoms with van der Waals surface area (Å²) in [6, 6.07) is 0.581. The number of anilines is 1. The number of carbonyl (C=O) groups excluding carboxylic acids is 1. The summed E-state index contributed by atoms with van der Waals surface area (Å²) in [5.74, 6) is -0.413. The Balaban J connectivity index is 2.17. The van der Waals surface area contributed by atoms with Crippen molar-refractivity contribution in [3.05, 3.63) is 23.4 Å². The number of ether oxygens (including phenoxy) is 1. The molecule has 132 valence electrons. The number of carboxylic acid groups (broad SMARTS) is 1. The highest BCUT2D eigenvalue weighted by Crippen LogP contribution is 2.25. The van der Waals surface area contributed by atoms with E-state index in [0.717, 1.165) is 11.1 Å². The highest BCUT2D eigenvalue weighted by molar-refractivity contribution is 5.82. The van der Waals surface area contributed by atoms with Crippen LogP contribution < -0.4 is 5.32 Å². The zero-order chi connectivity index (χ0) is 18.1. The molecule has 0 bridgehead atoms. The molecular formula is C17H25N3O4. The maximum atomic E-state index is 12.3. The van der Waals surface area contributed by atoms with Crippen LogP contribution in [0.2, 0.25) is 0 Å². The zero-order valence-corrected chi connectivity index (χ0v) is 14.8. The van der Waals surface area contributed by atoms with Gasteiger partial charge in [0, 0.05) is 12.7 Å². The van der Waals surface area contributed by atoms with Crippen molar-refractivity contribution >= 4 is 17.9 Å². The van der Waals surface area contributed by atoms with Gasteiger partial charge >= 0.3 is 12.1 Å². The third-order valence-electron chi connectivity index (χ3n) is 3.82. The first-order valence-corrected chi connectivity index (χ1v) is 8.00. The van der Waals surface area contributed by atoms with Gasteiger partial charge in [0.2, 0.25) is 0 Å². The van der Waals surface area contributed by atoms with E-state index in [9.17, 15) is 14.7 Å². The minimum Gasteiger partial charge on any atom is -0.480 e. The Morgan fingerprint density at radius 2 is 2.04 bits per heavy atom. The molecule has 1 amide bonds. The van der Waals surface area contributed by atoms with Crippen molar-refractivity contribution in [1.29, 1.82) is 0 Å². The molecule has 0 radical (unpaired) electrons. The van der Waals surface area contributed by atoms with Gasteiger partial charge in [-0.3, -0.25) is 4.90 Å². The summed E-state index contributed by atoms with van der Waals surface area (Å²) in [5, 5.41) is 12.8. The molecule has 7 nitrogen and oxygen atoms in total. The lowest BCUT2D eigenvalue weighted by molar-refractivity contribution is -0.142. The molecule has 0 aliphatic carbocycles. The number of pyridine rings is 1. The number of carboxylic acids is 1. The fourth-order valence-corrected chi connectivity index (χ4v) is 2.82. The quantitative estimate of drug-likeness (QED) is 0.882. The zero-order valence-electron chi connectivity index (χ0n) is 14.8. The molecule has 7 heteroatoms. The minimum absolute atomic E-state index is 0.328. The molecule has 2 heterocycles. The molecule has 2 rings (SSSR count). The largest absolute Gasteiger partial charge is 0.480 e. The second kappa shape index (κ2) is 6.67. The number of nitrogens with one attached hydrogen (secondary N) is 1. The van der Waals surface area contributed by atoms with Crippen LogP contribution in [-0.2, 0) is 9.53 Å². The third-order valence-corrected chi connectivity index (χ3v) is 3.82. The van der Waals surface area contributed by atoms with Gasteiger partial charge in [0.1, 0.15) is 11.4 Å².